The fourth-order valence-electron chi connectivity index (χ4n) is 2.70. The van der Waals surface area contributed by atoms with Gasteiger partial charge in [0.1, 0.15) is 5.82 Å². The van der Waals surface area contributed by atoms with Gasteiger partial charge in [0, 0.05) is 17.8 Å². The van der Waals surface area contributed by atoms with Gasteiger partial charge < -0.3 is 5.32 Å². The lowest BCUT2D eigenvalue weighted by Crippen LogP contribution is -2.21. The zero-order valence-corrected chi connectivity index (χ0v) is 11.4. The molecule has 1 aliphatic rings. The Kier molecular flexibility index (Phi) is 3.82. The van der Waals surface area contributed by atoms with Crippen LogP contribution in [0.1, 0.15) is 30.4 Å². The molecule has 1 N–H and O–H groups in total. The first-order valence-electron chi connectivity index (χ1n) is 7.13. The van der Waals surface area contributed by atoms with Crippen molar-refractivity contribution in [3.05, 3.63) is 77.2 Å². The standard InChI is InChI=1S/C18H18FN/c19-16-11-9-15(10-12-16)18(14-6-2-1-3-7-14)17-8-4-5-13-20-17/h1-3,6-7,9-12,20H,4-5,8,13H2/b18-17+. The molecular weight excluding hydrogens is 249 g/mol. The molecule has 0 bridgehead atoms. The summed E-state index contributed by atoms with van der Waals surface area (Å²) in [5, 5.41) is 3.52. The van der Waals surface area contributed by atoms with Gasteiger partial charge >= 0.3 is 0 Å². The molecule has 102 valence electrons. The SMILES string of the molecule is Fc1ccc(/C(=C2\CCCCN2)c2ccccc2)cc1. The highest BCUT2D eigenvalue weighted by molar-refractivity contribution is 5.81. The van der Waals surface area contributed by atoms with Gasteiger partial charge in [0.15, 0.2) is 0 Å². The Morgan fingerprint density at radius 3 is 2.20 bits per heavy atom. The fourth-order valence-corrected chi connectivity index (χ4v) is 2.70. The number of rotatable bonds is 2. The van der Waals surface area contributed by atoms with Crippen LogP contribution in [0.15, 0.2) is 60.3 Å². The number of benzene rings is 2. The van der Waals surface area contributed by atoms with E-state index in [0.29, 0.717) is 0 Å². The number of piperidine rings is 1. The topological polar surface area (TPSA) is 12.0 Å². The van der Waals surface area contributed by atoms with E-state index in [4.69, 9.17) is 0 Å². The Morgan fingerprint density at radius 1 is 0.850 bits per heavy atom. The van der Waals surface area contributed by atoms with Gasteiger partial charge in [0.05, 0.1) is 0 Å². The maximum Gasteiger partial charge on any atom is 0.123 e. The summed E-state index contributed by atoms with van der Waals surface area (Å²) in [5.74, 6) is -0.192. The molecule has 0 atom stereocenters. The van der Waals surface area contributed by atoms with Crippen LogP contribution in [-0.2, 0) is 0 Å². The quantitative estimate of drug-likeness (QED) is 0.852. The third kappa shape index (κ3) is 2.74. The lowest BCUT2D eigenvalue weighted by molar-refractivity contribution is 0.590. The third-order valence-corrected chi connectivity index (χ3v) is 3.69. The summed E-state index contributed by atoms with van der Waals surface area (Å²) < 4.78 is 13.2. The molecule has 3 rings (SSSR count). The number of hydrogen-bond acceptors (Lipinski definition) is 1. The number of halogens is 1. The smallest absolute Gasteiger partial charge is 0.123 e. The third-order valence-electron chi connectivity index (χ3n) is 3.69. The second-order valence-electron chi connectivity index (χ2n) is 5.11. The van der Waals surface area contributed by atoms with E-state index in [1.165, 1.54) is 41.8 Å². The van der Waals surface area contributed by atoms with Crippen LogP contribution in [0.4, 0.5) is 4.39 Å². The summed E-state index contributed by atoms with van der Waals surface area (Å²) >= 11 is 0. The van der Waals surface area contributed by atoms with Gasteiger partial charge in [0.2, 0.25) is 0 Å². The molecule has 0 saturated carbocycles. The summed E-state index contributed by atoms with van der Waals surface area (Å²) in [5.41, 5.74) is 4.73. The summed E-state index contributed by atoms with van der Waals surface area (Å²) in [6, 6.07) is 17.1. The van der Waals surface area contributed by atoms with E-state index < -0.39 is 0 Å². The molecule has 1 heterocycles. The van der Waals surface area contributed by atoms with Crippen molar-refractivity contribution < 1.29 is 4.39 Å². The van der Waals surface area contributed by atoms with Gasteiger partial charge in [-0.05, 0) is 42.5 Å². The molecule has 2 aromatic rings. The maximum absolute atomic E-state index is 13.2. The molecule has 1 nitrogen and oxygen atoms in total. The Morgan fingerprint density at radius 2 is 1.55 bits per heavy atom. The minimum atomic E-state index is -0.192. The first-order chi connectivity index (χ1) is 9.84. The Labute approximate surface area is 119 Å². The molecule has 2 heteroatoms. The summed E-state index contributed by atoms with van der Waals surface area (Å²) in [7, 11) is 0. The molecule has 0 radical (unpaired) electrons. The molecule has 20 heavy (non-hydrogen) atoms. The van der Waals surface area contributed by atoms with E-state index in [-0.39, 0.29) is 5.82 Å². The largest absolute Gasteiger partial charge is 0.388 e. The van der Waals surface area contributed by atoms with Crippen LogP contribution < -0.4 is 5.32 Å². The van der Waals surface area contributed by atoms with E-state index in [9.17, 15) is 4.39 Å². The van der Waals surface area contributed by atoms with Crippen molar-refractivity contribution in [1.29, 1.82) is 0 Å². The van der Waals surface area contributed by atoms with Crippen LogP contribution in [0.2, 0.25) is 0 Å². The zero-order chi connectivity index (χ0) is 13.8. The first-order valence-corrected chi connectivity index (χ1v) is 7.13. The lowest BCUT2D eigenvalue weighted by atomic mass is 9.92. The van der Waals surface area contributed by atoms with Crippen molar-refractivity contribution in [3.63, 3.8) is 0 Å². The van der Waals surface area contributed by atoms with Gasteiger partial charge in [-0.1, -0.05) is 42.5 Å². The van der Waals surface area contributed by atoms with Gasteiger partial charge in [-0.25, -0.2) is 4.39 Å². The molecule has 0 unspecified atom stereocenters. The normalized spacial score (nSPS) is 17.4. The monoisotopic (exact) mass is 267 g/mol. The molecule has 1 fully saturated rings. The highest BCUT2D eigenvalue weighted by Crippen LogP contribution is 2.29. The van der Waals surface area contributed by atoms with Crippen molar-refractivity contribution in [2.45, 2.75) is 19.3 Å². The van der Waals surface area contributed by atoms with Crippen LogP contribution in [0.3, 0.4) is 0 Å². The minimum absolute atomic E-state index is 0.192. The van der Waals surface area contributed by atoms with Crippen molar-refractivity contribution in [1.82, 2.24) is 5.32 Å². The average molecular weight is 267 g/mol. The predicted molar refractivity (Wildman–Crippen MR) is 80.7 cm³/mol. The predicted octanol–water partition coefficient (Wildman–Crippen LogP) is 4.36. The lowest BCUT2D eigenvalue weighted by Gasteiger charge is -2.22. The van der Waals surface area contributed by atoms with Gasteiger partial charge in [-0.15, -0.1) is 0 Å². The van der Waals surface area contributed by atoms with Gasteiger partial charge in [-0.2, -0.15) is 0 Å². The molecule has 0 amide bonds. The fraction of sp³-hybridized carbons (Fsp3) is 0.222. The molecule has 1 saturated heterocycles. The molecule has 0 spiro atoms. The summed E-state index contributed by atoms with van der Waals surface area (Å²) in [6.07, 6.45) is 3.48. The highest BCUT2D eigenvalue weighted by atomic mass is 19.1. The first kappa shape index (κ1) is 12.9. The Hall–Kier alpha value is -2.09. The zero-order valence-electron chi connectivity index (χ0n) is 11.4. The molecule has 0 aliphatic carbocycles. The minimum Gasteiger partial charge on any atom is -0.388 e. The molecule has 0 aromatic heterocycles. The maximum atomic E-state index is 13.2. The van der Waals surface area contributed by atoms with Crippen LogP contribution in [0, 0.1) is 5.82 Å². The number of hydrogen-bond donors (Lipinski definition) is 1. The number of allylic oxidation sites excluding steroid dienone is 1. The summed E-state index contributed by atoms with van der Waals surface area (Å²) in [4.78, 5) is 0. The van der Waals surface area contributed by atoms with Crippen molar-refractivity contribution >= 4 is 5.57 Å². The van der Waals surface area contributed by atoms with Crippen molar-refractivity contribution in [2.75, 3.05) is 6.54 Å². The van der Waals surface area contributed by atoms with Crippen LogP contribution in [0.25, 0.3) is 5.57 Å². The number of nitrogens with one attached hydrogen (secondary N) is 1. The van der Waals surface area contributed by atoms with Crippen molar-refractivity contribution in [3.8, 4) is 0 Å². The summed E-state index contributed by atoms with van der Waals surface area (Å²) in [6.45, 7) is 1.02. The van der Waals surface area contributed by atoms with Crippen molar-refractivity contribution in [2.24, 2.45) is 0 Å². The Bertz CT molecular complexity index is 591. The van der Waals surface area contributed by atoms with Crippen LogP contribution in [0.5, 0.6) is 0 Å². The molecular formula is C18H18FN. The van der Waals surface area contributed by atoms with Gasteiger partial charge in [-0.3, -0.25) is 0 Å². The molecule has 1 aliphatic heterocycles. The average Bonchev–Trinajstić information content (AvgIpc) is 2.52. The van der Waals surface area contributed by atoms with Crippen LogP contribution >= 0.6 is 0 Å². The van der Waals surface area contributed by atoms with Gasteiger partial charge in [0.25, 0.3) is 0 Å². The molecule has 2 aromatic carbocycles. The van der Waals surface area contributed by atoms with E-state index in [1.54, 1.807) is 0 Å². The van der Waals surface area contributed by atoms with E-state index in [0.717, 1.165) is 18.5 Å². The second-order valence-corrected chi connectivity index (χ2v) is 5.11. The highest BCUT2D eigenvalue weighted by Gasteiger charge is 2.14. The van der Waals surface area contributed by atoms with Crippen LogP contribution in [-0.4, -0.2) is 6.54 Å². The van der Waals surface area contributed by atoms with E-state index in [2.05, 4.69) is 17.4 Å². The van der Waals surface area contributed by atoms with E-state index >= 15 is 0 Å². The van der Waals surface area contributed by atoms with E-state index in [1.807, 2.05) is 30.3 Å². The second kappa shape index (κ2) is 5.91. The Balaban J connectivity index is 2.10.